The molecule has 1 fully saturated rings. The highest BCUT2D eigenvalue weighted by molar-refractivity contribution is 6.00. The van der Waals surface area contributed by atoms with E-state index < -0.39 is 89.6 Å². The van der Waals surface area contributed by atoms with Crippen LogP contribution in [0.3, 0.4) is 0 Å². The minimum Gasteiger partial charge on any atom is -0.508 e. The van der Waals surface area contributed by atoms with E-state index in [0.717, 1.165) is 17.7 Å². The van der Waals surface area contributed by atoms with E-state index in [1.807, 2.05) is 46.8 Å². The van der Waals surface area contributed by atoms with Crippen LogP contribution in [0, 0.1) is 35.5 Å². The van der Waals surface area contributed by atoms with E-state index in [0.29, 0.717) is 12.0 Å². The van der Waals surface area contributed by atoms with E-state index in [1.165, 1.54) is 20.3 Å². The number of esters is 3. The number of rotatable bonds is 11. The van der Waals surface area contributed by atoms with Gasteiger partial charge in [-0.25, -0.2) is 14.4 Å². The molecule has 58 heavy (non-hydrogen) atoms. The first kappa shape index (κ1) is 48.3. The minimum absolute atomic E-state index is 0.0103. The topological polar surface area (TPSA) is 205 Å². The summed E-state index contributed by atoms with van der Waals surface area (Å²) in [7, 11) is 2.78. The van der Waals surface area contributed by atoms with Gasteiger partial charge in [0, 0.05) is 62.2 Å². The van der Waals surface area contributed by atoms with E-state index in [9.17, 15) is 39.6 Å². The molecule has 12 atom stereocenters. The minimum atomic E-state index is -2.05. The van der Waals surface area contributed by atoms with E-state index >= 15 is 0 Å². The molecule has 0 aromatic rings. The number of carbonyl (C=O) groups excluding carboxylic acids is 4. The first-order chi connectivity index (χ1) is 27.1. The predicted molar refractivity (Wildman–Crippen MR) is 213 cm³/mol. The molecule has 14 heteroatoms. The molecule has 2 aliphatic heterocycles. The number of cyclic esters (lactones) is 1. The van der Waals surface area contributed by atoms with Gasteiger partial charge in [-0.3, -0.25) is 4.79 Å². The van der Waals surface area contributed by atoms with Crippen LogP contribution in [-0.2, 0) is 47.6 Å². The van der Waals surface area contributed by atoms with Crippen LogP contribution in [0.25, 0.3) is 0 Å². The average Bonchev–Trinajstić information content (AvgIpc) is 3.48. The van der Waals surface area contributed by atoms with E-state index in [1.54, 1.807) is 39.8 Å². The number of ketones is 1. The second kappa shape index (κ2) is 21.3. The molecule has 1 saturated heterocycles. The lowest BCUT2D eigenvalue weighted by Crippen LogP contribution is -2.59. The summed E-state index contributed by atoms with van der Waals surface area (Å²) >= 11 is 0. The van der Waals surface area contributed by atoms with Gasteiger partial charge in [0.2, 0.25) is 17.3 Å². The van der Waals surface area contributed by atoms with Crippen LogP contribution in [0.5, 0.6) is 0 Å². The highest BCUT2D eigenvalue weighted by Gasteiger charge is 2.53. The van der Waals surface area contributed by atoms with Gasteiger partial charge >= 0.3 is 17.9 Å². The highest BCUT2D eigenvalue weighted by Crippen LogP contribution is 2.42. The third kappa shape index (κ3) is 12.5. The van der Waals surface area contributed by atoms with Crippen LogP contribution in [0.15, 0.2) is 71.0 Å². The molecular weight excluding hydrogens is 752 g/mol. The molecule has 0 bridgehead atoms. The van der Waals surface area contributed by atoms with Crippen molar-refractivity contribution in [2.24, 2.45) is 35.5 Å². The zero-order chi connectivity index (χ0) is 43.6. The molecule has 4 N–H and O–H groups in total. The maximum atomic E-state index is 13.7. The number of allylic oxidation sites excluding steroid dienone is 7. The smallest absolute Gasteiger partial charge is 0.373 e. The summed E-state index contributed by atoms with van der Waals surface area (Å²) in [4.78, 5) is 50.9. The summed E-state index contributed by atoms with van der Waals surface area (Å²) in [6.45, 7) is 16.4. The largest absolute Gasteiger partial charge is 0.508 e. The number of carbonyl (C=O) groups is 4. The molecule has 0 aromatic carbocycles. The third-order valence-electron chi connectivity index (χ3n) is 11.4. The lowest BCUT2D eigenvalue weighted by Gasteiger charge is -2.50. The number of methoxy groups -OCH3 is 2. The summed E-state index contributed by atoms with van der Waals surface area (Å²) in [6, 6.07) is 0. The number of hydrogen-bond donors (Lipinski definition) is 4. The molecule has 0 saturated carbocycles. The summed E-state index contributed by atoms with van der Waals surface area (Å²) in [6.07, 6.45) is 5.22. The van der Waals surface area contributed by atoms with Gasteiger partial charge in [0.25, 0.3) is 0 Å². The zero-order valence-electron chi connectivity index (χ0n) is 35.7. The number of aliphatic hydroxyl groups is 4. The second-order valence-electron chi connectivity index (χ2n) is 16.4. The number of hydrogen-bond acceptors (Lipinski definition) is 14. The average molecular weight is 817 g/mol. The fraction of sp³-hybridized carbons (Fsp3) is 0.636. The third-order valence-corrected chi connectivity index (χ3v) is 11.4. The molecule has 14 nitrogen and oxygen atoms in total. The van der Waals surface area contributed by atoms with Crippen molar-refractivity contribution >= 4 is 23.7 Å². The number of Topliss-reactive ketones (excluding diaryl/α,β-unsaturated/α-hetero) is 1. The van der Waals surface area contributed by atoms with Crippen molar-refractivity contribution in [1.29, 1.82) is 0 Å². The van der Waals surface area contributed by atoms with Crippen molar-refractivity contribution < 1.29 is 68.0 Å². The molecule has 0 amide bonds. The Bertz CT molecular complexity index is 1670. The first-order valence-electron chi connectivity index (χ1n) is 20.0. The molecule has 0 spiro atoms. The van der Waals surface area contributed by atoms with Crippen molar-refractivity contribution in [3.05, 3.63) is 71.0 Å². The highest BCUT2D eigenvalue weighted by atomic mass is 16.6. The van der Waals surface area contributed by atoms with Crippen molar-refractivity contribution in [3.8, 4) is 0 Å². The molecule has 324 valence electrons. The monoisotopic (exact) mass is 816 g/mol. The summed E-state index contributed by atoms with van der Waals surface area (Å²) < 4.78 is 34.3. The fourth-order valence-electron chi connectivity index (χ4n) is 7.86. The van der Waals surface area contributed by atoms with E-state index in [-0.39, 0.29) is 48.5 Å². The maximum absolute atomic E-state index is 13.7. The van der Waals surface area contributed by atoms with Gasteiger partial charge in [0.05, 0.1) is 25.4 Å². The molecule has 0 unspecified atom stereocenters. The van der Waals surface area contributed by atoms with Gasteiger partial charge < -0.3 is 48.8 Å². The second-order valence-corrected chi connectivity index (χ2v) is 16.4. The molecule has 0 radical (unpaired) electrons. The van der Waals surface area contributed by atoms with Crippen molar-refractivity contribution in [2.45, 2.75) is 130 Å². The van der Waals surface area contributed by atoms with Crippen molar-refractivity contribution in [3.63, 3.8) is 0 Å². The van der Waals surface area contributed by atoms with Gasteiger partial charge in [0.15, 0.2) is 5.79 Å². The van der Waals surface area contributed by atoms with Gasteiger partial charge in [-0.2, -0.15) is 0 Å². The van der Waals surface area contributed by atoms with Crippen LogP contribution in [0.4, 0.5) is 0 Å². The van der Waals surface area contributed by atoms with E-state index in [4.69, 9.17) is 28.4 Å². The maximum Gasteiger partial charge on any atom is 0.373 e. The molecule has 3 aliphatic rings. The zero-order valence-corrected chi connectivity index (χ0v) is 35.7. The Hall–Kier alpha value is -4.08. The summed E-state index contributed by atoms with van der Waals surface area (Å²) in [5, 5.41) is 45.0. The van der Waals surface area contributed by atoms with Crippen LogP contribution < -0.4 is 0 Å². The Morgan fingerprint density at radius 2 is 1.66 bits per heavy atom. The summed E-state index contributed by atoms with van der Waals surface area (Å²) in [5.74, 6) is -9.10. The van der Waals surface area contributed by atoms with Crippen LogP contribution >= 0.6 is 0 Å². The Morgan fingerprint density at radius 3 is 2.24 bits per heavy atom. The molecule has 0 aromatic heterocycles. The Morgan fingerprint density at radius 1 is 1.00 bits per heavy atom. The van der Waals surface area contributed by atoms with Crippen LogP contribution in [-0.4, -0.2) is 101 Å². The van der Waals surface area contributed by atoms with Crippen molar-refractivity contribution in [1.82, 2.24) is 0 Å². The fourth-order valence-corrected chi connectivity index (χ4v) is 7.86. The van der Waals surface area contributed by atoms with Gasteiger partial charge in [0.1, 0.15) is 24.1 Å². The lowest BCUT2D eigenvalue weighted by atomic mass is 9.76. The number of aliphatic hydroxyl groups excluding tert-OH is 3. The molecule has 2 heterocycles. The summed E-state index contributed by atoms with van der Waals surface area (Å²) in [5.41, 5.74) is 1.67. The van der Waals surface area contributed by atoms with Crippen LogP contribution in [0.1, 0.15) is 88.0 Å². The standard InChI is InChI=1S/C44H64O14/c1-23(2)40-28(7)35(55-36(47)17-18-37(48)56-42-31(45)15-16-32(42)46)22-44(52,58-40)30(9)39(50)29(8)41-33(53-10)14-12-13-24(3)19-26(5)38(49)27(6)20-25(4)21-34(54-11)43(51)57-41/h12-14,17-18,20-21,23,26-30,33,35,38-41,45,49-50,52H,15-16,19,22H2,1-11H3/b14-12+,18-17+,24-13+,25-20+,34-21-/t26-,27+,28-,29-,30-,33-,35+,38-,39+,40+,41+,44+/m0/s1. The Balaban J connectivity index is 1.92. The molecular formula is C44H64O14. The Labute approximate surface area is 342 Å². The van der Waals surface area contributed by atoms with Crippen LogP contribution in [0.2, 0.25) is 0 Å². The quantitative estimate of drug-likeness (QED) is 0.116. The SMILES string of the molecule is CO/C1=C\C(C)=C\[C@@H](C)[C@@H](O)[C@@H](C)C/C(C)=C/C=C/[C@H](OC)[C@@H]([C@@H](C)[C@@H](O)[C@H](C)[C@@]2(O)C[C@@H](OC(=O)/C=C/C(=O)OC3=C(O)CCC3=O)[C@H](C)[C@@H](C(C)C)O2)OC1=O. The van der Waals surface area contributed by atoms with Gasteiger partial charge in [-0.1, -0.05) is 83.9 Å². The van der Waals surface area contributed by atoms with E-state index in [2.05, 4.69) is 0 Å². The normalized spacial score (nSPS) is 35.5. The molecule has 1 aliphatic carbocycles. The Kier molecular flexibility index (Phi) is 17.7. The molecule has 3 rings (SSSR count). The van der Waals surface area contributed by atoms with Gasteiger partial charge in [-0.15, -0.1) is 0 Å². The first-order valence-corrected chi connectivity index (χ1v) is 20.0. The van der Waals surface area contributed by atoms with Crippen molar-refractivity contribution in [2.75, 3.05) is 14.2 Å². The predicted octanol–water partition coefficient (Wildman–Crippen LogP) is 5.48. The lowest BCUT2D eigenvalue weighted by molar-refractivity contribution is -0.329. The number of ether oxygens (including phenoxy) is 6. The van der Waals surface area contributed by atoms with Gasteiger partial charge in [-0.05, 0) is 38.2 Å².